The van der Waals surface area contributed by atoms with E-state index in [-0.39, 0.29) is 0 Å². The molecule has 0 saturated carbocycles. The zero-order valence-corrected chi connectivity index (χ0v) is 12.2. The molecule has 3 heteroatoms. The lowest BCUT2D eigenvalue weighted by Crippen LogP contribution is -2.02. The lowest BCUT2D eigenvalue weighted by atomic mass is 10.1. The Labute approximate surface area is 119 Å². The van der Waals surface area contributed by atoms with Gasteiger partial charge in [-0.05, 0) is 48.7 Å². The number of methoxy groups -OCH3 is 1. The molecule has 0 aliphatic heterocycles. The molecule has 2 nitrogen and oxygen atoms in total. The van der Waals surface area contributed by atoms with Crippen LogP contribution in [0.1, 0.15) is 16.7 Å². The summed E-state index contributed by atoms with van der Waals surface area (Å²) in [6, 6.07) is 12.2. The van der Waals surface area contributed by atoms with Crippen LogP contribution in [-0.2, 0) is 6.54 Å². The van der Waals surface area contributed by atoms with Gasteiger partial charge in [0, 0.05) is 11.6 Å². The summed E-state index contributed by atoms with van der Waals surface area (Å²) in [5, 5.41) is 4.16. The van der Waals surface area contributed by atoms with E-state index in [2.05, 4.69) is 24.4 Å². The number of ether oxygens (including phenoxy) is 1. The third-order valence-electron chi connectivity index (χ3n) is 3.03. The van der Waals surface area contributed by atoms with E-state index in [9.17, 15) is 0 Å². The number of halogens is 1. The van der Waals surface area contributed by atoms with Crippen LogP contribution in [0.15, 0.2) is 36.4 Å². The van der Waals surface area contributed by atoms with Crippen molar-refractivity contribution in [1.29, 1.82) is 0 Å². The van der Waals surface area contributed by atoms with Gasteiger partial charge in [0.2, 0.25) is 0 Å². The number of benzene rings is 2. The van der Waals surface area contributed by atoms with Crippen molar-refractivity contribution in [2.24, 2.45) is 0 Å². The monoisotopic (exact) mass is 275 g/mol. The van der Waals surface area contributed by atoms with Crippen LogP contribution >= 0.6 is 11.6 Å². The van der Waals surface area contributed by atoms with Crippen molar-refractivity contribution in [3.63, 3.8) is 0 Å². The van der Waals surface area contributed by atoms with Gasteiger partial charge in [-0.3, -0.25) is 0 Å². The van der Waals surface area contributed by atoms with Gasteiger partial charge in [0.25, 0.3) is 0 Å². The third kappa shape index (κ3) is 3.42. The minimum atomic E-state index is 0.679. The van der Waals surface area contributed by atoms with Crippen molar-refractivity contribution >= 4 is 17.3 Å². The second-order valence-electron chi connectivity index (χ2n) is 4.65. The van der Waals surface area contributed by atoms with E-state index in [0.717, 1.165) is 22.0 Å². The van der Waals surface area contributed by atoms with Gasteiger partial charge in [0.05, 0.1) is 12.8 Å². The Bertz CT molecular complexity index is 581. The van der Waals surface area contributed by atoms with Crippen molar-refractivity contribution in [3.05, 3.63) is 58.1 Å². The van der Waals surface area contributed by atoms with E-state index in [1.807, 2.05) is 31.2 Å². The molecule has 2 aromatic rings. The molecule has 0 bridgehead atoms. The largest absolute Gasteiger partial charge is 0.495 e. The Morgan fingerprint density at radius 3 is 2.42 bits per heavy atom. The van der Waals surface area contributed by atoms with E-state index in [0.29, 0.717) is 6.54 Å². The molecule has 19 heavy (non-hydrogen) atoms. The van der Waals surface area contributed by atoms with Crippen LogP contribution in [0.5, 0.6) is 5.75 Å². The number of nitrogens with one attached hydrogen (secondary N) is 1. The molecular weight excluding hydrogens is 258 g/mol. The van der Waals surface area contributed by atoms with Crippen molar-refractivity contribution < 1.29 is 4.74 Å². The molecule has 1 N–H and O–H groups in total. The number of hydrogen-bond acceptors (Lipinski definition) is 2. The Morgan fingerprint density at radius 1 is 1.05 bits per heavy atom. The van der Waals surface area contributed by atoms with E-state index in [1.165, 1.54) is 11.1 Å². The predicted octanol–water partition coefficient (Wildman–Crippen LogP) is 4.58. The van der Waals surface area contributed by atoms with Crippen molar-refractivity contribution in [3.8, 4) is 5.75 Å². The lowest BCUT2D eigenvalue weighted by molar-refractivity contribution is 0.416. The molecular formula is C16H18ClNO. The van der Waals surface area contributed by atoms with Crippen LogP contribution in [0.4, 0.5) is 5.69 Å². The molecule has 0 aliphatic rings. The number of anilines is 1. The van der Waals surface area contributed by atoms with Gasteiger partial charge in [-0.25, -0.2) is 0 Å². The Morgan fingerprint density at radius 2 is 1.74 bits per heavy atom. The van der Waals surface area contributed by atoms with Crippen molar-refractivity contribution in [2.75, 3.05) is 12.4 Å². The maximum absolute atomic E-state index is 6.23. The average Bonchev–Trinajstić information content (AvgIpc) is 2.38. The fourth-order valence-electron chi connectivity index (χ4n) is 1.95. The van der Waals surface area contributed by atoms with E-state index in [1.54, 1.807) is 7.11 Å². The Balaban J connectivity index is 2.16. The summed E-state index contributed by atoms with van der Waals surface area (Å²) in [5.41, 5.74) is 4.43. The summed E-state index contributed by atoms with van der Waals surface area (Å²) in [6.07, 6.45) is 0. The predicted molar refractivity (Wildman–Crippen MR) is 81.2 cm³/mol. The smallest absolute Gasteiger partial charge is 0.141 e. The van der Waals surface area contributed by atoms with Crippen LogP contribution in [0.25, 0.3) is 0 Å². The normalized spacial score (nSPS) is 10.3. The standard InChI is InChI=1S/C16H18ClNO/c1-11-4-6-13(14(17)8-11)10-18-15-9-12(2)5-7-16(15)19-3/h4-9,18H,10H2,1-3H3. The number of hydrogen-bond donors (Lipinski definition) is 1. The maximum Gasteiger partial charge on any atom is 0.141 e. The first kappa shape index (κ1) is 13.8. The molecule has 0 aliphatic carbocycles. The van der Waals surface area contributed by atoms with Gasteiger partial charge in [0.15, 0.2) is 0 Å². The molecule has 0 spiro atoms. The minimum Gasteiger partial charge on any atom is -0.495 e. The molecule has 0 radical (unpaired) electrons. The quantitative estimate of drug-likeness (QED) is 0.882. The zero-order chi connectivity index (χ0) is 13.8. The molecule has 0 aromatic heterocycles. The first-order valence-corrected chi connectivity index (χ1v) is 6.61. The van der Waals surface area contributed by atoms with E-state index in [4.69, 9.17) is 16.3 Å². The Kier molecular flexibility index (Phi) is 4.33. The summed E-state index contributed by atoms with van der Waals surface area (Å²) in [7, 11) is 1.68. The second kappa shape index (κ2) is 5.98. The highest BCUT2D eigenvalue weighted by atomic mass is 35.5. The van der Waals surface area contributed by atoms with Crippen LogP contribution < -0.4 is 10.1 Å². The second-order valence-corrected chi connectivity index (χ2v) is 5.06. The van der Waals surface area contributed by atoms with Gasteiger partial charge in [-0.1, -0.05) is 29.8 Å². The highest BCUT2D eigenvalue weighted by Gasteiger charge is 2.05. The van der Waals surface area contributed by atoms with Crippen molar-refractivity contribution in [1.82, 2.24) is 0 Å². The molecule has 2 aromatic carbocycles. The van der Waals surface area contributed by atoms with Gasteiger partial charge in [-0.2, -0.15) is 0 Å². The Hall–Kier alpha value is -1.67. The van der Waals surface area contributed by atoms with Gasteiger partial charge in [0.1, 0.15) is 5.75 Å². The number of aryl methyl sites for hydroxylation is 2. The minimum absolute atomic E-state index is 0.679. The summed E-state index contributed by atoms with van der Waals surface area (Å²) >= 11 is 6.23. The van der Waals surface area contributed by atoms with Crippen LogP contribution in [-0.4, -0.2) is 7.11 Å². The highest BCUT2D eigenvalue weighted by molar-refractivity contribution is 6.31. The molecule has 100 valence electrons. The lowest BCUT2D eigenvalue weighted by Gasteiger charge is -2.13. The highest BCUT2D eigenvalue weighted by Crippen LogP contribution is 2.26. The average molecular weight is 276 g/mol. The van der Waals surface area contributed by atoms with Gasteiger partial charge >= 0.3 is 0 Å². The van der Waals surface area contributed by atoms with Crippen LogP contribution in [0.3, 0.4) is 0 Å². The first-order valence-electron chi connectivity index (χ1n) is 6.23. The fraction of sp³-hybridized carbons (Fsp3) is 0.250. The summed E-state index contributed by atoms with van der Waals surface area (Å²) < 4.78 is 5.34. The van der Waals surface area contributed by atoms with E-state index < -0.39 is 0 Å². The zero-order valence-electron chi connectivity index (χ0n) is 11.5. The first-order chi connectivity index (χ1) is 9.10. The summed E-state index contributed by atoms with van der Waals surface area (Å²) in [4.78, 5) is 0. The van der Waals surface area contributed by atoms with Crippen LogP contribution in [0, 0.1) is 13.8 Å². The molecule has 2 rings (SSSR count). The topological polar surface area (TPSA) is 21.3 Å². The molecule has 0 atom stereocenters. The maximum atomic E-state index is 6.23. The van der Waals surface area contributed by atoms with Crippen molar-refractivity contribution in [2.45, 2.75) is 20.4 Å². The summed E-state index contributed by atoms with van der Waals surface area (Å²) in [6.45, 7) is 4.77. The molecule has 0 amide bonds. The van der Waals surface area contributed by atoms with Gasteiger partial charge < -0.3 is 10.1 Å². The number of rotatable bonds is 4. The van der Waals surface area contributed by atoms with Gasteiger partial charge in [-0.15, -0.1) is 0 Å². The van der Waals surface area contributed by atoms with E-state index >= 15 is 0 Å². The molecule has 0 heterocycles. The fourth-order valence-corrected chi connectivity index (χ4v) is 2.25. The molecule has 0 fully saturated rings. The SMILES string of the molecule is COc1ccc(C)cc1NCc1ccc(C)cc1Cl. The molecule has 0 saturated heterocycles. The van der Waals surface area contributed by atoms with Crippen LogP contribution in [0.2, 0.25) is 5.02 Å². The molecule has 0 unspecified atom stereocenters. The summed E-state index contributed by atoms with van der Waals surface area (Å²) in [5.74, 6) is 0.842. The third-order valence-corrected chi connectivity index (χ3v) is 3.38.